The normalized spacial score (nSPS) is 21.6. The quantitative estimate of drug-likeness (QED) is 0.780. The summed E-state index contributed by atoms with van der Waals surface area (Å²) in [5, 5.41) is 6.64. The van der Waals surface area contributed by atoms with Crippen LogP contribution in [0.5, 0.6) is 0 Å². The van der Waals surface area contributed by atoms with Gasteiger partial charge in [0, 0.05) is 30.5 Å². The van der Waals surface area contributed by atoms with Crippen LogP contribution in [-0.2, 0) is 11.3 Å². The van der Waals surface area contributed by atoms with Gasteiger partial charge >= 0.3 is 0 Å². The molecule has 1 aliphatic carbocycles. The van der Waals surface area contributed by atoms with Gasteiger partial charge in [0.05, 0.1) is 11.6 Å². The molecule has 6 nitrogen and oxygen atoms in total. The number of thiocarbonyl (C=S) groups is 1. The van der Waals surface area contributed by atoms with E-state index in [0.717, 1.165) is 31.2 Å². The summed E-state index contributed by atoms with van der Waals surface area (Å²) >= 11 is 5.44. The summed E-state index contributed by atoms with van der Waals surface area (Å²) < 4.78 is 0. The van der Waals surface area contributed by atoms with Gasteiger partial charge in [0.15, 0.2) is 5.11 Å². The number of rotatable bonds is 4. The van der Waals surface area contributed by atoms with Crippen molar-refractivity contribution in [3.05, 3.63) is 59.9 Å². The highest BCUT2D eigenvalue weighted by Crippen LogP contribution is 2.31. The van der Waals surface area contributed by atoms with E-state index < -0.39 is 0 Å². The number of benzene rings is 1. The summed E-state index contributed by atoms with van der Waals surface area (Å²) in [6, 6.07) is 10.9. The van der Waals surface area contributed by atoms with Crippen molar-refractivity contribution in [2.45, 2.75) is 38.3 Å². The van der Waals surface area contributed by atoms with Gasteiger partial charge in [-0.2, -0.15) is 0 Å². The molecule has 1 aromatic heterocycles. The number of amides is 2. The predicted molar refractivity (Wildman–Crippen MR) is 111 cm³/mol. The molecule has 28 heavy (non-hydrogen) atoms. The number of nitrogens with zero attached hydrogens (tertiary/aromatic N) is 2. The predicted octanol–water partition coefficient (Wildman–Crippen LogP) is 2.79. The maximum absolute atomic E-state index is 13.0. The highest BCUT2D eigenvalue weighted by molar-refractivity contribution is 7.80. The Balaban J connectivity index is 1.44. The molecular weight excluding hydrogens is 372 g/mol. The van der Waals surface area contributed by atoms with E-state index in [1.165, 1.54) is 0 Å². The second-order valence-corrected chi connectivity index (χ2v) is 7.60. The van der Waals surface area contributed by atoms with Crippen molar-refractivity contribution in [3.8, 4) is 0 Å². The number of fused-ring (bicyclic) bond motifs is 1. The summed E-state index contributed by atoms with van der Waals surface area (Å²) in [7, 11) is 0. The minimum absolute atomic E-state index is 0.0251. The summed E-state index contributed by atoms with van der Waals surface area (Å²) in [5.74, 6) is -0.140. The molecule has 0 spiro atoms. The molecule has 1 saturated carbocycles. The van der Waals surface area contributed by atoms with E-state index in [4.69, 9.17) is 12.2 Å². The van der Waals surface area contributed by atoms with E-state index in [0.29, 0.717) is 22.9 Å². The van der Waals surface area contributed by atoms with Gasteiger partial charge in [-0.25, -0.2) is 0 Å². The minimum atomic E-state index is -0.173. The smallest absolute Gasteiger partial charge is 0.251 e. The Bertz CT molecular complexity index is 885. The van der Waals surface area contributed by atoms with Gasteiger partial charge in [-0.3, -0.25) is 19.5 Å². The van der Waals surface area contributed by atoms with Crippen LogP contribution in [-0.4, -0.2) is 28.0 Å². The summed E-state index contributed by atoms with van der Waals surface area (Å²) in [5.41, 5.74) is 2.16. The zero-order valence-corrected chi connectivity index (χ0v) is 16.2. The lowest BCUT2D eigenvalue weighted by atomic mass is 9.82. The fourth-order valence-electron chi connectivity index (χ4n) is 3.88. The van der Waals surface area contributed by atoms with Gasteiger partial charge in [0.2, 0.25) is 5.91 Å². The van der Waals surface area contributed by atoms with Crippen LogP contribution in [0, 0.1) is 5.92 Å². The van der Waals surface area contributed by atoms with Gasteiger partial charge in [-0.05, 0) is 61.0 Å². The number of aromatic nitrogens is 1. The third kappa shape index (κ3) is 3.75. The Labute approximate surface area is 169 Å². The van der Waals surface area contributed by atoms with Crippen LogP contribution in [0.4, 0.5) is 5.69 Å². The number of pyridine rings is 1. The number of hydrogen-bond donors (Lipinski definition) is 2. The lowest BCUT2D eigenvalue weighted by molar-refractivity contribution is -0.123. The molecule has 1 saturated heterocycles. The number of nitrogens with one attached hydrogen (secondary N) is 2. The van der Waals surface area contributed by atoms with Crippen LogP contribution in [0.2, 0.25) is 0 Å². The molecule has 1 aromatic carbocycles. The lowest BCUT2D eigenvalue weighted by Gasteiger charge is -2.41. The first-order valence-electron chi connectivity index (χ1n) is 9.55. The maximum atomic E-state index is 13.0. The fourth-order valence-corrected chi connectivity index (χ4v) is 4.23. The molecule has 2 heterocycles. The molecule has 0 radical (unpaired) electrons. The lowest BCUT2D eigenvalue weighted by Crippen LogP contribution is -2.61. The first-order chi connectivity index (χ1) is 13.6. The van der Waals surface area contributed by atoms with Crippen molar-refractivity contribution < 1.29 is 9.59 Å². The minimum Gasteiger partial charge on any atom is -0.358 e. The second kappa shape index (κ2) is 8.06. The monoisotopic (exact) mass is 394 g/mol. The van der Waals surface area contributed by atoms with Crippen molar-refractivity contribution in [2.24, 2.45) is 5.92 Å². The topological polar surface area (TPSA) is 74.3 Å². The molecule has 0 bridgehead atoms. The summed E-state index contributed by atoms with van der Waals surface area (Å²) in [6.45, 7) is 0.413. The fraction of sp³-hybridized carbons (Fsp3) is 0.333. The Morgan fingerprint density at radius 3 is 2.75 bits per heavy atom. The molecule has 1 aliphatic heterocycles. The van der Waals surface area contributed by atoms with Crippen LogP contribution < -0.4 is 15.5 Å². The molecule has 2 amide bonds. The van der Waals surface area contributed by atoms with E-state index in [1.807, 2.05) is 12.1 Å². The zero-order valence-electron chi connectivity index (χ0n) is 15.4. The second-order valence-electron chi connectivity index (χ2n) is 7.21. The van der Waals surface area contributed by atoms with E-state index in [-0.39, 0.29) is 23.8 Å². The average molecular weight is 395 g/mol. The molecule has 2 fully saturated rings. The van der Waals surface area contributed by atoms with E-state index >= 15 is 0 Å². The number of anilines is 1. The highest BCUT2D eigenvalue weighted by Gasteiger charge is 2.40. The third-order valence-corrected chi connectivity index (χ3v) is 5.68. The van der Waals surface area contributed by atoms with Gasteiger partial charge in [-0.1, -0.05) is 18.9 Å². The molecule has 2 aromatic rings. The standard InChI is InChI=1S/C21H22N4O2S/c26-19(23-13-14-4-3-11-22-12-14)15-7-9-16(10-8-15)25-20(27)17-5-1-2-6-18(17)24-21(25)28/h3-4,7-12,17-18H,1-2,5-6,13H2,(H,23,26)(H,24,28). The van der Waals surface area contributed by atoms with Gasteiger partial charge in [0.1, 0.15) is 0 Å². The van der Waals surface area contributed by atoms with Crippen LogP contribution in [0.15, 0.2) is 48.8 Å². The van der Waals surface area contributed by atoms with Gasteiger partial charge < -0.3 is 10.6 Å². The zero-order chi connectivity index (χ0) is 19.5. The molecule has 2 unspecified atom stereocenters. The third-order valence-electron chi connectivity index (χ3n) is 5.38. The van der Waals surface area contributed by atoms with Crippen molar-refractivity contribution in [3.63, 3.8) is 0 Å². The number of carbonyl (C=O) groups excluding carboxylic acids is 2. The highest BCUT2D eigenvalue weighted by atomic mass is 32.1. The molecule has 2 N–H and O–H groups in total. The van der Waals surface area contributed by atoms with Crippen molar-refractivity contribution >= 4 is 34.8 Å². The van der Waals surface area contributed by atoms with Crippen LogP contribution >= 0.6 is 12.2 Å². The Kier molecular flexibility index (Phi) is 5.34. The summed E-state index contributed by atoms with van der Waals surface area (Å²) in [6.07, 6.45) is 7.50. The molecule has 144 valence electrons. The molecular formula is C21H22N4O2S. The molecule has 2 aliphatic rings. The maximum Gasteiger partial charge on any atom is 0.251 e. The average Bonchev–Trinajstić information content (AvgIpc) is 2.73. The SMILES string of the molecule is O=C(NCc1cccnc1)c1ccc(N2C(=O)C3CCCCC3NC2=S)cc1. The molecule has 2 atom stereocenters. The largest absolute Gasteiger partial charge is 0.358 e. The molecule has 4 rings (SSSR count). The van der Waals surface area contributed by atoms with Gasteiger partial charge in [0.25, 0.3) is 5.91 Å². The number of carbonyl (C=O) groups is 2. The van der Waals surface area contributed by atoms with Crippen molar-refractivity contribution in [1.29, 1.82) is 0 Å². The van der Waals surface area contributed by atoms with E-state index in [2.05, 4.69) is 15.6 Å². The van der Waals surface area contributed by atoms with Crippen molar-refractivity contribution in [2.75, 3.05) is 4.90 Å². The van der Waals surface area contributed by atoms with E-state index in [1.54, 1.807) is 41.6 Å². The van der Waals surface area contributed by atoms with E-state index in [9.17, 15) is 9.59 Å². The number of hydrogen-bond acceptors (Lipinski definition) is 4. The van der Waals surface area contributed by atoms with Crippen LogP contribution in [0.25, 0.3) is 0 Å². The Morgan fingerprint density at radius 2 is 2.00 bits per heavy atom. The van der Waals surface area contributed by atoms with Gasteiger partial charge in [-0.15, -0.1) is 0 Å². The first kappa shape index (κ1) is 18.6. The summed E-state index contributed by atoms with van der Waals surface area (Å²) in [4.78, 5) is 30.9. The Hall–Kier alpha value is -2.80. The van der Waals surface area contributed by atoms with Crippen molar-refractivity contribution in [1.82, 2.24) is 15.6 Å². The first-order valence-corrected chi connectivity index (χ1v) is 9.96. The van der Waals surface area contributed by atoms with Crippen LogP contribution in [0.3, 0.4) is 0 Å². The van der Waals surface area contributed by atoms with Crippen LogP contribution in [0.1, 0.15) is 41.6 Å². The molecule has 7 heteroatoms. The Morgan fingerprint density at radius 1 is 1.21 bits per heavy atom.